The summed E-state index contributed by atoms with van der Waals surface area (Å²) in [6.07, 6.45) is 0.375. The number of nitro benzene ring substituents is 1. The highest BCUT2D eigenvalue weighted by Gasteiger charge is 2.27. The largest absolute Gasteiger partial charge is 0.460 e. The fourth-order valence-corrected chi connectivity index (χ4v) is 3.36. The lowest BCUT2D eigenvalue weighted by molar-refractivity contribution is -0.385. The molecule has 3 aromatic rings. The van der Waals surface area contributed by atoms with Gasteiger partial charge in [-0.15, -0.1) is 0 Å². The number of Topliss-reactive ketones (excluding diaryl/α,β-unsaturated/α-hetero) is 1. The first kappa shape index (κ1) is 20.2. The topological polar surface area (TPSA) is 86.5 Å². The average Bonchev–Trinajstić information content (AvgIpc) is 2.72. The molecule has 0 radical (unpaired) electrons. The van der Waals surface area contributed by atoms with E-state index in [0.717, 1.165) is 16.3 Å². The van der Waals surface area contributed by atoms with Crippen molar-refractivity contribution in [1.29, 1.82) is 0 Å². The van der Waals surface area contributed by atoms with E-state index < -0.39 is 16.8 Å². The van der Waals surface area contributed by atoms with E-state index in [1.807, 2.05) is 54.6 Å². The monoisotopic (exact) mass is 391 g/mol. The quantitative estimate of drug-likeness (QED) is 0.242. The maximum atomic E-state index is 12.5. The Hall–Kier alpha value is -3.54. The fraction of sp³-hybridized carbons (Fsp3) is 0.217. The van der Waals surface area contributed by atoms with Gasteiger partial charge in [-0.3, -0.25) is 19.7 Å². The second kappa shape index (κ2) is 9.10. The van der Waals surface area contributed by atoms with Gasteiger partial charge in [0, 0.05) is 11.6 Å². The Kier molecular flexibility index (Phi) is 6.34. The lowest BCUT2D eigenvalue weighted by Crippen LogP contribution is -2.25. The summed E-state index contributed by atoms with van der Waals surface area (Å²) in [5.74, 6) is -1.88. The average molecular weight is 391 g/mol. The van der Waals surface area contributed by atoms with Crippen molar-refractivity contribution in [2.75, 3.05) is 0 Å². The molecule has 0 N–H and O–H groups in total. The lowest BCUT2D eigenvalue weighted by Gasteiger charge is -2.14. The van der Waals surface area contributed by atoms with Gasteiger partial charge in [0.1, 0.15) is 18.3 Å². The van der Waals surface area contributed by atoms with E-state index in [1.165, 1.54) is 13.0 Å². The minimum Gasteiger partial charge on any atom is -0.460 e. The molecular formula is C23H21NO5. The molecule has 0 bridgehead atoms. The second-order valence-corrected chi connectivity index (χ2v) is 6.84. The summed E-state index contributed by atoms with van der Waals surface area (Å²) < 4.78 is 5.31. The third-order valence-corrected chi connectivity index (χ3v) is 4.89. The van der Waals surface area contributed by atoms with Crippen LogP contribution in [0.5, 0.6) is 0 Å². The fourth-order valence-electron chi connectivity index (χ4n) is 3.36. The molecule has 0 fully saturated rings. The van der Waals surface area contributed by atoms with Crippen molar-refractivity contribution in [1.82, 2.24) is 0 Å². The molecule has 0 amide bonds. The number of esters is 1. The van der Waals surface area contributed by atoms with Crippen molar-refractivity contribution in [3.63, 3.8) is 0 Å². The third kappa shape index (κ3) is 4.85. The van der Waals surface area contributed by atoms with Gasteiger partial charge in [-0.25, -0.2) is 0 Å². The summed E-state index contributed by atoms with van der Waals surface area (Å²) >= 11 is 0. The van der Waals surface area contributed by atoms with Gasteiger partial charge in [0.05, 0.1) is 4.92 Å². The van der Waals surface area contributed by atoms with Crippen LogP contribution in [0.15, 0.2) is 66.7 Å². The molecule has 0 aliphatic rings. The molecule has 0 aromatic heterocycles. The molecule has 3 aromatic carbocycles. The van der Waals surface area contributed by atoms with Crippen LogP contribution >= 0.6 is 0 Å². The zero-order chi connectivity index (χ0) is 20.8. The normalized spacial score (nSPS) is 11.8. The van der Waals surface area contributed by atoms with Gasteiger partial charge in [0.2, 0.25) is 0 Å². The maximum Gasteiger partial charge on any atom is 0.316 e. The van der Waals surface area contributed by atoms with Crippen LogP contribution in [0, 0.1) is 16.0 Å². The van der Waals surface area contributed by atoms with Crippen LogP contribution in [-0.4, -0.2) is 16.7 Å². The van der Waals surface area contributed by atoms with Crippen molar-refractivity contribution in [3.8, 4) is 0 Å². The van der Waals surface area contributed by atoms with Crippen molar-refractivity contribution in [2.24, 2.45) is 5.92 Å². The molecule has 0 spiro atoms. The first-order valence-corrected chi connectivity index (χ1v) is 9.33. The first-order valence-electron chi connectivity index (χ1n) is 9.33. The van der Waals surface area contributed by atoms with E-state index in [9.17, 15) is 19.7 Å². The second-order valence-electron chi connectivity index (χ2n) is 6.84. The molecule has 0 aliphatic carbocycles. The van der Waals surface area contributed by atoms with Gasteiger partial charge >= 0.3 is 5.97 Å². The Morgan fingerprint density at radius 3 is 2.38 bits per heavy atom. The van der Waals surface area contributed by atoms with Gasteiger partial charge in [-0.2, -0.15) is 0 Å². The lowest BCUT2D eigenvalue weighted by atomic mass is 9.92. The van der Waals surface area contributed by atoms with Crippen molar-refractivity contribution < 1.29 is 19.2 Å². The Morgan fingerprint density at radius 1 is 1.00 bits per heavy atom. The number of benzene rings is 3. The van der Waals surface area contributed by atoms with Crippen molar-refractivity contribution in [3.05, 3.63) is 88.0 Å². The van der Waals surface area contributed by atoms with E-state index in [4.69, 9.17) is 4.74 Å². The highest BCUT2D eigenvalue weighted by atomic mass is 16.6. The van der Waals surface area contributed by atoms with Crippen LogP contribution in [0.4, 0.5) is 5.69 Å². The summed E-state index contributed by atoms with van der Waals surface area (Å²) in [4.78, 5) is 35.6. The van der Waals surface area contributed by atoms with E-state index in [0.29, 0.717) is 5.56 Å². The molecule has 0 saturated heterocycles. The highest BCUT2D eigenvalue weighted by Crippen LogP contribution is 2.30. The predicted molar refractivity (Wildman–Crippen MR) is 109 cm³/mol. The molecule has 0 heterocycles. The number of ketones is 1. The number of hydrogen-bond donors (Lipinski definition) is 0. The maximum absolute atomic E-state index is 12.5. The number of rotatable bonds is 8. The summed E-state index contributed by atoms with van der Waals surface area (Å²) in [6.45, 7) is 1.42. The molecule has 0 saturated carbocycles. The van der Waals surface area contributed by atoms with Gasteiger partial charge < -0.3 is 4.74 Å². The molecule has 3 rings (SSSR count). The minimum absolute atomic E-state index is 0.0105. The summed E-state index contributed by atoms with van der Waals surface area (Å²) in [5, 5.41) is 13.1. The number of aryl methyl sites for hydroxylation is 1. The van der Waals surface area contributed by atoms with Crippen LogP contribution in [0.25, 0.3) is 10.8 Å². The van der Waals surface area contributed by atoms with Gasteiger partial charge in [0.15, 0.2) is 0 Å². The van der Waals surface area contributed by atoms with Crippen molar-refractivity contribution in [2.45, 2.75) is 26.4 Å². The van der Waals surface area contributed by atoms with Crippen LogP contribution in [0.1, 0.15) is 24.5 Å². The number of nitrogens with zero attached hydrogens (tertiary/aromatic N) is 1. The van der Waals surface area contributed by atoms with Gasteiger partial charge in [0.25, 0.3) is 5.69 Å². The Morgan fingerprint density at radius 2 is 1.69 bits per heavy atom. The molecule has 0 aliphatic heterocycles. The highest BCUT2D eigenvalue weighted by molar-refractivity contribution is 5.98. The Balaban J connectivity index is 1.78. The van der Waals surface area contributed by atoms with E-state index in [2.05, 4.69) is 0 Å². The smallest absolute Gasteiger partial charge is 0.316 e. The zero-order valence-electron chi connectivity index (χ0n) is 16.0. The first-order chi connectivity index (χ1) is 14.0. The standard InChI is InChI=1S/C23H21NO5/c1-16(25)19(23(26)29-15-17-7-3-2-4-8-17)12-13-21-20-10-6-5-9-18(20)11-14-22(21)24(27)28/h2-11,14,19H,12-13,15H2,1H3. The molecule has 1 unspecified atom stereocenters. The van der Waals surface area contributed by atoms with E-state index in [1.54, 1.807) is 6.07 Å². The number of hydrogen-bond acceptors (Lipinski definition) is 5. The molecule has 1 atom stereocenters. The number of carbonyl (C=O) groups is 2. The van der Waals surface area contributed by atoms with Crippen LogP contribution in [0.3, 0.4) is 0 Å². The Bertz CT molecular complexity index is 1050. The summed E-state index contributed by atoms with van der Waals surface area (Å²) in [5.41, 5.74) is 1.34. The molecule has 6 nitrogen and oxygen atoms in total. The Labute approximate surface area is 168 Å². The summed E-state index contributed by atoms with van der Waals surface area (Å²) in [7, 11) is 0. The van der Waals surface area contributed by atoms with Crippen LogP contribution < -0.4 is 0 Å². The van der Waals surface area contributed by atoms with Gasteiger partial charge in [-0.1, -0.05) is 54.6 Å². The number of carbonyl (C=O) groups excluding carboxylic acids is 2. The number of ether oxygens (including phenoxy) is 1. The molecule has 148 valence electrons. The number of nitro groups is 1. The van der Waals surface area contributed by atoms with E-state index >= 15 is 0 Å². The van der Waals surface area contributed by atoms with Crippen LogP contribution in [-0.2, 0) is 27.4 Å². The molecule has 29 heavy (non-hydrogen) atoms. The molecular weight excluding hydrogens is 370 g/mol. The van der Waals surface area contributed by atoms with Crippen LogP contribution in [0.2, 0.25) is 0 Å². The van der Waals surface area contributed by atoms with Gasteiger partial charge in [-0.05, 0) is 42.2 Å². The van der Waals surface area contributed by atoms with E-state index in [-0.39, 0.29) is 30.9 Å². The SMILES string of the molecule is CC(=O)C(CCc1c([N+](=O)[O-])ccc2ccccc12)C(=O)OCc1ccccc1. The minimum atomic E-state index is -0.961. The third-order valence-electron chi connectivity index (χ3n) is 4.89. The zero-order valence-corrected chi connectivity index (χ0v) is 16.0. The predicted octanol–water partition coefficient (Wildman–Crippen LogP) is 4.63. The summed E-state index contributed by atoms with van der Waals surface area (Å²) in [6, 6.07) is 19.7. The van der Waals surface area contributed by atoms with Crippen molar-refractivity contribution >= 4 is 28.2 Å². The molecule has 6 heteroatoms. The number of fused-ring (bicyclic) bond motifs is 1.